The van der Waals surface area contributed by atoms with Crippen LogP contribution in [0.1, 0.15) is 17.2 Å². The first-order valence-electron chi connectivity index (χ1n) is 6.37. The average Bonchev–Trinajstić information content (AvgIpc) is 2.41. The lowest BCUT2D eigenvalue weighted by Crippen LogP contribution is -2.44. The van der Waals surface area contributed by atoms with Crippen LogP contribution in [-0.4, -0.2) is 31.1 Å². The molecule has 1 aromatic carbocycles. The van der Waals surface area contributed by atoms with Crippen LogP contribution in [0, 0.1) is 0 Å². The molecule has 1 aliphatic heterocycles. The van der Waals surface area contributed by atoms with E-state index in [-0.39, 0.29) is 18.4 Å². The van der Waals surface area contributed by atoms with Crippen LogP contribution in [0.15, 0.2) is 30.9 Å². The maximum Gasteiger partial charge on any atom is 0.416 e. The number of alkyl halides is 3. The van der Waals surface area contributed by atoms with Gasteiger partial charge in [-0.3, -0.25) is 4.90 Å². The van der Waals surface area contributed by atoms with Crippen LogP contribution in [0.5, 0.6) is 0 Å². The number of piperazine rings is 1. The molecule has 1 aliphatic rings. The molecule has 0 spiro atoms. The molecule has 1 N–H and O–H groups in total. The normalized spacial score (nSPS) is 17.9. The van der Waals surface area contributed by atoms with Gasteiger partial charge in [0.05, 0.1) is 11.6 Å². The Hall–Kier alpha value is -0.750. The second-order valence-corrected chi connectivity index (χ2v) is 5.11. The Morgan fingerprint density at radius 1 is 1.29 bits per heavy atom. The number of hydrogen-bond acceptors (Lipinski definition) is 2. The molecule has 7 heteroatoms. The zero-order valence-electron chi connectivity index (χ0n) is 11.3. The molecule has 0 saturated carbocycles. The number of nitrogens with zero attached hydrogens (tertiary/aromatic N) is 1. The molecule has 0 amide bonds. The summed E-state index contributed by atoms with van der Waals surface area (Å²) in [6.07, 6.45) is -2.72. The first kappa shape index (κ1) is 18.3. The van der Waals surface area contributed by atoms with E-state index in [0.717, 1.165) is 38.3 Å². The van der Waals surface area contributed by atoms with Gasteiger partial charge < -0.3 is 5.32 Å². The van der Waals surface area contributed by atoms with Gasteiger partial charge in [-0.25, -0.2) is 0 Å². The SMILES string of the molecule is C=C[C@@H](c1cc(C(F)(F)F)ccc1Cl)N1CCNCC1.Cl. The van der Waals surface area contributed by atoms with Gasteiger partial charge in [-0.15, -0.1) is 19.0 Å². The predicted octanol–water partition coefficient (Wildman–Crippen LogP) is 3.91. The number of halogens is 5. The molecular formula is C14H17Cl2F3N2. The zero-order chi connectivity index (χ0) is 14.8. The molecule has 118 valence electrons. The maximum absolute atomic E-state index is 12.8. The molecule has 21 heavy (non-hydrogen) atoms. The zero-order valence-corrected chi connectivity index (χ0v) is 12.9. The molecule has 2 rings (SSSR count). The van der Waals surface area contributed by atoms with Crippen molar-refractivity contribution in [3.05, 3.63) is 47.0 Å². The topological polar surface area (TPSA) is 15.3 Å². The minimum absolute atomic E-state index is 0. The van der Waals surface area contributed by atoms with E-state index in [1.165, 1.54) is 6.07 Å². The molecule has 0 aliphatic carbocycles. The van der Waals surface area contributed by atoms with Crippen molar-refractivity contribution in [2.75, 3.05) is 26.2 Å². The van der Waals surface area contributed by atoms with Gasteiger partial charge in [-0.1, -0.05) is 17.7 Å². The minimum Gasteiger partial charge on any atom is -0.314 e. The predicted molar refractivity (Wildman–Crippen MR) is 81.1 cm³/mol. The van der Waals surface area contributed by atoms with Gasteiger partial charge in [0, 0.05) is 31.2 Å². The summed E-state index contributed by atoms with van der Waals surface area (Å²) in [5.74, 6) is 0. The molecule has 0 bridgehead atoms. The minimum atomic E-state index is -4.37. The van der Waals surface area contributed by atoms with Crippen molar-refractivity contribution >= 4 is 24.0 Å². The second-order valence-electron chi connectivity index (χ2n) is 4.70. The van der Waals surface area contributed by atoms with Crippen LogP contribution in [-0.2, 0) is 6.18 Å². The number of nitrogens with one attached hydrogen (secondary N) is 1. The molecule has 0 radical (unpaired) electrons. The fourth-order valence-corrected chi connectivity index (χ4v) is 2.61. The Balaban J connectivity index is 0.00000220. The molecule has 0 aromatic heterocycles. The lowest BCUT2D eigenvalue weighted by molar-refractivity contribution is -0.137. The summed E-state index contributed by atoms with van der Waals surface area (Å²) in [6, 6.07) is 3.13. The van der Waals surface area contributed by atoms with E-state index in [0.29, 0.717) is 10.6 Å². The van der Waals surface area contributed by atoms with Crippen molar-refractivity contribution < 1.29 is 13.2 Å². The standard InChI is InChI=1S/C14H16ClF3N2.ClH/c1-2-13(20-7-5-19-6-8-20)11-9-10(14(16,17)18)3-4-12(11)15;/h2-4,9,13,19H,1,5-8H2;1H/t13-;/m0./s1. The van der Waals surface area contributed by atoms with Gasteiger partial charge in [0.15, 0.2) is 0 Å². The van der Waals surface area contributed by atoms with Crippen molar-refractivity contribution in [2.24, 2.45) is 0 Å². The average molecular weight is 341 g/mol. The molecule has 2 nitrogen and oxygen atoms in total. The monoisotopic (exact) mass is 340 g/mol. The molecule has 0 unspecified atom stereocenters. The van der Waals surface area contributed by atoms with Crippen LogP contribution in [0.4, 0.5) is 13.2 Å². The van der Waals surface area contributed by atoms with E-state index in [4.69, 9.17) is 11.6 Å². The van der Waals surface area contributed by atoms with Crippen LogP contribution in [0.25, 0.3) is 0 Å². The van der Waals surface area contributed by atoms with E-state index < -0.39 is 11.7 Å². The van der Waals surface area contributed by atoms with Crippen molar-refractivity contribution in [3.63, 3.8) is 0 Å². The Morgan fingerprint density at radius 2 is 1.90 bits per heavy atom. The lowest BCUT2D eigenvalue weighted by Gasteiger charge is -2.34. The third-order valence-electron chi connectivity index (χ3n) is 3.41. The molecule has 1 atom stereocenters. The number of rotatable bonds is 3. The van der Waals surface area contributed by atoms with Crippen LogP contribution in [0.2, 0.25) is 5.02 Å². The Bertz CT molecular complexity index is 486. The van der Waals surface area contributed by atoms with Crippen LogP contribution in [0.3, 0.4) is 0 Å². The van der Waals surface area contributed by atoms with Crippen molar-refractivity contribution in [3.8, 4) is 0 Å². The third-order valence-corrected chi connectivity index (χ3v) is 3.75. The smallest absolute Gasteiger partial charge is 0.314 e. The summed E-state index contributed by atoms with van der Waals surface area (Å²) in [5.41, 5.74) is -0.225. The highest BCUT2D eigenvalue weighted by atomic mass is 35.5. The van der Waals surface area contributed by atoms with Crippen molar-refractivity contribution in [1.82, 2.24) is 10.2 Å². The highest BCUT2D eigenvalue weighted by Crippen LogP contribution is 2.35. The van der Waals surface area contributed by atoms with Gasteiger partial charge in [-0.05, 0) is 23.8 Å². The summed E-state index contributed by atoms with van der Waals surface area (Å²) in [6.45, 7) is 6.86. The Morgan fingerprint density at radius 3 is 2.43 bits per heavy atom. The molecule has 1 fully saturated rings. The molecule has 1 heterocycles. The van der Waals surface area contributed by atoms with E-state index in [1.54, 1.807) is 6.08 Å². The van der Waals surface area contributed by atoms with Gasteiger partial charge in [0.25, 0.3) is 0 Å². The van der Waals surface area contributed by atoms with Crippen molar-refractivity contribution in [2.45, 2.75) is 12.2 Å². The third kappa shape index (κ3) is 4.36. The first-order valence-corrected chi connectivity index (χ1v) is 6.75. The van der Waals surface area contributed by atoms with Gasteiger partial charge in [0.1, 0.15) is 0 Å². The van der Waals surface area contributed by atoms with Gasteiger partial charge in [0.2, 0.25) is 0 Å². The molecular weight excluding hydrogens is 324 g/mol. The summed E-state index contributed by atoms with van der Waals surface area (Å²) in [7, 11) is 0. The highest BCUT2D eigenvalue weighted by molar-refractivity contribution is 6.31. The molecule has 1 aromatic rings. The fourth-order valence-electron chi connectivity index (χ4n) is 2.38. The first-order chi connectivity index (χ1) is 9.43. The number of benzene rings is 1. The summed E-state index contributed by atoms with van der Waals surface area (Å²) >= 11 is 6.08. The summed E-state index contributed by atoms with van der Waals surface area (Å²) < 4.78 is 38.4. The van der Waals surface area contributed by atoms with E-state index in [2.05, 4.69) is 16.8 Å². The van der Waals surface area contributed by atoms with Gasteiger partial charge >= 0.3 is 6.18 Å². The van der Waals surface area contributed by atoms with Crippen LogP contribution < -0.4 is 5.32 Å². The lowest BCUT2D eigenvalue weighted by atomic mass is 10.0. The Labute approximate surface area is 133 Å². The second kappa shape index (κ2) is 7.49. The fraction of sp³-hybridized carbons (Fsp3) is 0.429. The van der Waals surface area contributed by atoms with Gasteiger partial charge in [-0.2, -0.15) is 13.2 Å². The maximum atomic E-state index is 12.8. The quantitative estimate of drug-likeness (QED) is 0.839. The van der Waals surface area contributed by atoms with Crippen LogP contribution >= 0.6 is 24.0 Å². The number of hydrogen-bond donors (Lipinski definition) is 1. The highest BCUT2D eigenvalue weighted by Gasteiger charge is 2.32. The summed E-state index contributed by atoms with van der Waals surface area (Å²) in [5, 5.41) is 3.54. The van der Waals surface area contributed by atoms with E-state index in [9.17, 15) is 13.2 Å². The van der Waals surface area contributed by atoms with Crippen molar-refractivity contribution in [1.29, 1.82) is 0 Å². The summed E-state index contributed by atoms with van der Waals surface area (Å²) in [4.78, 5) is 2.07. The Kier molecular flexibility index (Phi) is 6.53. The van der Waals surface area contributed by atoms with E-state index >= 15 is 0 Å². The van der Waals surface area contributed by atoms with E-state index in [1.807, 2.05) is 0 Å². The largest absolute Gasteiger partial charge is 0.416 e. The molecule has 1 saturated heterocycles.